The summed E-state index contributed by atoms with van der Waals surface area (Å²) in [7, 11) is 0. The molecule has 0 amide bonds. The van der Waals surface area contributed by atoms with Crippen LogP contribution in [0.5, 0.6) is 0 Å². The average Bonchev–Trinajstić information content (AvgIpc) is 2.45. The zero-order chi connectivity index (χ0) is 14.5. The summed E-state index contributed by atoms with van der Waals surface area (Å²) in [5, 5.41) is 25.4. The third kappa shape index (κ3) is 3.16. The van der Waals surface area contributed by atoms with Crippen molar-refractivity contribution >= 4 is 17.1 Å². The van der Waals surface area contributed by atoms with Crippen molar-refractivity contribution in [3.8, 4) is 0 Å². The SMILES string of the molecule is O=[N+]([O-])C1=CCCC/C1=N\Nc1ccc([N+](=O)[O-])cc1. The summed E-state index contributed by atoms with van der Waals surface area (Å²) in [6, 6.07) is 5.68. The van der Waals surface area contributed by atoms with Crippen LogP contribution < -0.4 is 5.43 Å². The number of hydrogen-bond donors (Lipinski definition) is 1. The van der Waals surface area contributed by atoms with Gasteiger partial charge in [-0.3, -0.25) is 25.7 Å². The number of hydrazone groups is 1. The Balaban J connectivity index is 2.12. The fraction of sp³-hybridized carbons (Fsp3) is 0.250. The topological polar surface area (TPSA) is 111 Å². The molecule has 20 heavy (non-hydrogen) atoms. The lowest BCUT2D eigenvalue weighted by molar-refractivity contribution is -0.415. The van der Waals surface area contributed by atoms with Crippen molar-refractivity contribution in [1.82, 2.24) is 0 Å². The Kier molecular flexibility index (Phi) is 4.04. The van der Waals surface area contributed by atoms with E-state index in [1.54, 1.807) is 6.08 Å². The fourth-order valence-electron chi connectivity index (χ4n) is 1.84. The van der Waals surface area contributed by atoms with Gasteiger partial charge >= 0.3 is 0 Å². The zero-order valence-corrected chi connectivity index (χ0v) is 10.5. The monoisotopic (exact) mass is 276 g/mol. The standard InChI is InChI=1S/C12H12N4O4/c17-15(18)10-7-5-9(6-8-10)13-14-11-3-1-2-4-12(11)16(19)20/h4-8,13H,1-3H2/b14-11+. The number of benzene rings is 1. The number of nitrogens with zero attached hydrogens (tertiary/aromatic N) is 3. The molecule has 0 spiro atoms. The highest BCUT2D eigenvalue weighted by Gasteiger charge is 2.22. The lowest BCUT2D eigenvalue weighted by atomic mass is 10.0. The van der Waals surface area contributed by atoms with Crippen LogP contribution in [0.1, 0.15) is 19.3 Å². The molecule has 1 aromatic rings. The van der Waals surface area contributed by atoms with E-state index in [1.807, 2.05) is 0 Å². The van der Waals surface area contributed by atoms with E-state index in [9.17, 15) is 20.2 Å². The normalized spacial score (nSPS) is 16.6. The van der Waals surface area contributed by atoms with E-state index in [-0.39, 0.29) is 11.4 Å². The minimum absolute atomic E-state index is 0.0191. The number of allylic oxidation sites excluding steroid dienone is 2. The van der Waals surface area contributed by atoms with Gasteiger partial charge in [0, 0.05) is 12.1 Å². The molecule has 0 aliphatic heterocycles. The predicted molar refractivity (Wildman–Crippen MR) is 73.1 cm³/mol. The number of anilines is 1. The maximum absolute atomic E-state index is 10.8. The average molecular weight is 276 g/mol. The van der Waals surface area contributed by atoms with Crippen LogP contribution in [0.3, 0.4) is 0 Å². The summed E-state index contributed by atoms with van der Waals surface area (Å²) in [5.74, 6) is 0. The second kappa shape index (κ2) is 5.91. The Morgan fingerprint density at radius 1 is 1.10 bits per heavy atom. The van der Waals surface area contributed by atoms with E-state index in [2.05, 4.69) is 10.5 Å². The molecule has 1 aromatic carbocycles. The summed E-state index contributed by atoms with van der Waals surface area (Å²) in [5.41, 5.74) is 3.61. The Morgan fingerprint density at radius 2 is 1.80 bits per heavy atom. The quantitative estimate of drug-likeness (QED) is 0.671. The molecule has 0 unspecified atom stereocenters. The Hall–Kier alpha value is -2.77. The highest BCUT2D eigenvalue weighted by atomic mass is 16.6. The van der Waals surface area contributed by atoms with Gasteiger partial charge in [-0.2, -0.15) is 5.10 Å². The van der Waals surface area contributed by atoms with Gasteiger partial charge in [-0.25, -0.2) is 0 Å². The van der Waals surface area contributed by atoms with Crippen molar-refractivity contribution in [2.45, 2.75) is 19.3 Å². The lowest BCUT2D eigenvalue weighted by Crippen LogP contribution is -2.16. The minimum Gasteiger partial charge on any atom is -0.278 e. The molecule has 0 saturated carbocycles. The van der Waals surface area contributed by atoms with Crippen molar-refractivity contribution in [1.29, 1.82) is 0 Å². The van der Waals surface area contributed by atoms with Crippen molar-refractivity contribution in [2.75, 3.05) is 5.43 Å². The second-order valence-corrected chi connectivity index (χ2v) is 4.21. The van der Waals surface area contributed by atoms with Gasteiger partial charge in [0.1, 0.15) is 5.71 Å². The van der Waals surface area contributed by atoms with Gasteiger partial charge in [-0.15, -0.1) is 0 Å². The highest BCUT2D eigenvalue weighted by molar-refractivity contribution is 5.99. The maximum atomic E-state index is 10.8. The fourth-order valence-corrected chi connectivity index (χ4v) is 1.84. The molecule has 0 saturated heterocycles. The van der Waals surface area contributed by atoms with Gasteiger partial charge in [-0.05, 0) is 37.5 Å². The first-order chi connectivity index (χ1) is 9.58. The highest BCUT2D eigenvalue weighted by Crippen LogP contribution is 2.18. The molecule has 2 rings (SSSR count). The molecule has 0 bridgehead atoms. The van der Waals surface area contributed by atoms with Gasteiger partial charge in [0.15, 0.2) is 0 Å². The van der Waals surface area contributed by atoms with E-state index >= 15 is 0 Å². The molecule has 0 radical (unpaired) electrons. The van der Waals surface area contributed by atoms with Crippen molar-refractivity contribution in [2.24, 2.45) is 5.10 Å². The number of nitro benzene ring substituents is 1. The number of non-ortho nitro benzene ring substituents is 1. The van der Waals surface area contributed by atoms with Crippen LogP contribution in [0.2, 0.25) is 0 Å². The second-order valence-electron chi connectivity index (χ2n) is 4.21. The molecule has 104 valence electrons. The summed E-state index contributed by atoms with van der Waals surface area (Å²) >= 11 is 0. The van der Waals surface area contributed by atoms with Crippen LogP contribution in [0.4, 0.5) is 11.4 Å². The van der Waals surface area contributed by atoms with Crippen LogP contribution in [0.25, 0.3) is 0 Å². The van der Waals surface area contributed by atoms with Crippen molar-refractivity contribution in [3.05, 3.63) is 56.3 Å². The van der Waals surface area contributed by atoms with E-state index in [1.165, 1.54) is 24.3 Å². The lowest BCUT2D eigenvalue weighted by Gasteiger charge is -2.09. The van der Waals surface area contributed by atoms with Crippen LogP contribution in [-0.4, -0.2) is 15.6 Å². The van der Waals surface area contributed by atoms with Gasteiger partial charge < -0.3 is 0 Å². The minimum atomic E-state index is -0.496. The molecule has 0 fully saturated rings. The first kappa shape index (κ1) is 13.7. The molecule has 0 heterocycles. The van der Waals surface area contributed by atoms with Gasteiger partial charge in [0.2, 0.25) is 0 Å². The van der Waals surface area contributed by atoms with Gasteiger partial charge in [0.05, 0.1) is 15.5 Å². The molecule has 8 nitrogen and oxygen atoms in total. The van der Waals surface area contributed by atoms with Crippen LogP contribution in [0.15, 0.2) is 41.1 Å². The predicted octanol–water partition coefficient (Wildman–Crippen LogP) is 2.71. The summed E-state index contributed by atoms with van der Waals surface area (Å²) in [6.07, 6.45) is 3.58. The Morgan fingerprint density at radius 3 is 2.40 bits per heavy atom. The molecule has 0 atom stereocenters. The zero-order valence-electron chi connectivity index (χ0n) is 10.5. The number of nitro groups is 2. The van der Waals surface area contributed by atoms with E-state index in [0.717, 1.165) is 6.42 Å². The van der Waals surface area contributed by atoms with Crippen molar-refractivity contribution in [3.63, 3.8) is 0 Å². The molecular weight excluding hydrogens is 264 g/mol. The molecule has 1 aliphatic carbocycles. The van der Waals surface area contributed by atoms with Gasteiger partial charge in [-0.1, -0.05) is 0 Å². The maximum Gasteiger partial charge on any atom is 0.288 e. The van der Waals surface area contributed by atoms with E-state index in [0.29, 0.717) is 24.2 Å². The number of hydrogen-bond acceptors (Lipinski definition) is 6. The Labute approximate surface area is 114 Å². The Bertz CT molecular complexity index is 592. The summed E-state index contributed by atoms with van der Waals surface area (Å²) in [4.78, 5) is 20.4. The molecular formula is C12H12N4O4. The van der Waals surface area contributed by atoms with Crippen LogP contribution >= 0.6 is 0 Å². The number of nitrogens with one attached hydrogen (secondary N) is 1. The third-order valence-corrected chi connectivity index (χ3v) is 2.85. The molecule has 1 N–H and O–H groups in total. The van der Waals surface area contributed by atoms with Crippen molar-refractivity contribution < 1.29 is 9.85 Å². The van der Waals surface area contributed by atoms with Crippen LogP contribution in [-0.2, 0) is 0 Å². The third-order valence-electron chi connectivity index (χ3n) is 2.85. The van der Waals surface area contributed by atoms with Crippen LogP contribution in [0, 0.1) is 20.2 Å². The first-order valence-electron chi connectivity index (χ1n) is 6.00. The molecule has 1 aliphatic rings. The largest absolute Gasteiger partial charge is 0.288 e. The smallest absolute Gasteiger partial charge is 0.278 e. The summed E-state index contributed by atoms with van der Waals surface area (Å²) in [6.45, 7) is 0. The first-order valence-corrected chi connectivity index (χ1v) is 6.00. The summed E-state index contributed by atoms with van der Waals surface area (Å²) < 4.78 is 0. The van der Waals surface area contributed by atoms with Gasteiger partial charge in [0.25, 0.3) is 11.4 Å². The molecule has 0 aromatic heterocycles. The van der Waals surface area contributed by atoms with E-state index in [4.69, 9.17) is 0 Å². The van der Waals surface area contributed by atoms with E-state index < -0.39 is 9.85 Å². The molecule has 8 heteroatoms. The number of rotatable bonds is 4.